The second kappa shape index (κ2) is 6.80. The number of aromatic nitrogens is 4. The third-order valence-electron chi connectivity index (χ3n) is 4.66. The monoisotopic (exact) mass is 378 g/mol. The molecule has 0 spiro atoms. The van der Waals surface area contributed by atoms with Crippen molar-refractivity contribution in [2.75, 3.05) is 14.2 Å². The summed E-state index contributed by atoms with van der Waals surface area (Å²) in [4.78, 5) is 29.3. The molecule has 0 unspecified atom stereocenters. The number of hydrogen-bond donors (Lipinski definition) is 0. The molecule has 0 aliphatic rings. The zero-order valence-electron chi connectivity index (χ0n) is 15.7. The molecular formula is C20H18N4O4. The van der Waals surface area contributed by atoms with E-state index in [1.54, 1.807) is 30.9 Å². The molecule has 0 bridgehead atoms. The van der Waals surface area contributed by atoms with Crippen molar-refractivity contribution in [1.29, 1.82) is 0 Å². The van der Waals surface area contributed by atoms with Crippen LogP contribution < -0.4 is 10.3 Å². The maximum atomic E-state index is 12.9. The third kappa shape index (κ3) is 2.79. The maximum absolute atomic E-state index is 12.9. The zero-order valence-corrected chi connectivity index (χ0v) is 15.7. The average Bonchev–Trinajstić information content (AvgIpc) is 3.06. The highest BCUT2D eigenvalue weighted by Gasteiger charge is 2.20. The van der Waals surface area contributed by atoms with E-state index in [-0.39, 0.29) is 5.56 Å². The molecule has 8 nitrogen and oxygen atoms in total. The Labute approximate surface area is 160 Å². The number of nitrogens with zero attached hydrogens (tertiary/aromatic N) is 4. The van der Waals surface area contributed by atoms with Crippen LogP contribution in [0.2, 0.25) is 0 Å². The first kappa shape index (κ1) is 17.7. The summed E-state index contributed by atoms with van der Waals surface area (Å²) in [5.41, 5.74) is 2.53. The highest BCUT2D eigenvalue weighted by atomic mass is 16.5. The molecule has 28 heavy (non-hydrogen) atoms. The molecule has 0 radical (unpaired) electrons. The molecule has 1 aromatic carbocycles. The number of carbonyl (C=O) groups excluding carboxylic acids is 1. The first-order valence-electron chi connectivity index (χ1n) is 8.62. The lowest BCUT2D eigenvalue weighted by Crippen LogP contribution is -2.21. The summed E-state index contributed by atoms with van der Waals surface area (Å²) >= 11 is 0. The first-order valence-corrected chi connectivity index (χ1v) is 8.62. The molecule has 0 N–H and O–H groups in total. The number of benzene rings is 1. The summed E-state index contributed by atoms with van der Waals surface area (Å²) in [5, 5.41) is 4.79. The van der Waals surface area contributed by atoms with Gasteiger partial charge in [0.2, 0.25) is 0 Å². The molecule has 3 aromatic heterocycles. The van der Waals surface area contributed by atoms with Gasteiger partial charge in [0.25, 0.3) is 5.56 Å². The van der Waals surface area contributed by atoms with Gasteiger partial charge in [0.15, 0.2) is 5.65 Å². The van der Waals surface area contributed by atoms with Crippen molar-refractivity contribution in [2.24, 2.45) is 0 Å². The number of hydrogen-bond acceptors (Lipinski definition) is 6. The molecule has 8 heteroatoms. The number of rotatable bonds is 4. The molecular weight excluding hydrogens is 360 g/mol. The van der Waals surface area contributed by atoms with Gasteiger partial charge in [0.05, 0.1) is 37.4 Å². The summed E-state index contributed by atoms with van der Waals surface area (Å²) in [6.07, 6.45) is 3.19. The second-order valence-electron chi connectivity index (χ2n) is 6.34. The van der Waals surface area contributed by atoms with Crippen molar-refractivity contribution >= 4 is 22.5 Å². The van der Waals surface area contributed by atoms with Crippen LogP contribution in [0, 0.1) is 6.92 Å². The van der Waals surface area contributed by atoms with Gasteiger partial charge in [-0.2, -0.15) is 5.10 Å². The normalized spacial score (nSPS) is 11.1. The van der Waals surface area contributed by atoms with E-state index in [1.807, 2.05) is 24.3 Å². The van der Waals surface area contributed by atoms with E-state index >= 15 is 0 Å². The van der Waals surface area contributed by atoms with Crippen molar-refractivity contribution in [2.45, 2.75) is 13.5 Å². The summed E-state index contributed by atoms with van der Waals surface area (Å²) in [6.45, 7) is 2.13. The van der Waals surface area contributed by atoms with E-state index in [4.69, 9.17) is 9.47 Å². The topological polar surface area (TPSA) is 87.7 Å². The lowest BCUT2D eigenvalue weighted by atomic mass is 10.2. The fourth-order valence-electron chi connectivity index (χ4n) is 3.21. The number of pyridine rings is 1. The average molecular weight is 378 g/mol. The zero-order chi connectivity index (χ0) is 19.8. The standard InChI is InChI=1S/C20H18N4O4/c1-12-17(20(26)28-3)18-21-10-15-16(24(18)22-12)8-9-23(19(15)25)11-13-4-6-14(27-2)7-5-13/h4-10H,11H2,1-3H3. The van der Waals surface area contributed by atoms with Crippen LogP contribution in [0.15, 0.2) is 47.5 Å². The Morgan fingerprint density at radius 1 is 1.14 bits per heavy atom. The van der Waals surface area contributed by atoms with Crippen LogP contribution in [-0.4, -0.2) is 39.4 Å². The Morgan fingerprint density at radius 2 is 1.89 bits per heavy atom. The van der Waals surface area contributed by atoms with Gasteiger partial charge < -0.3 is 14.0 Å². The molecule has 0 fully saturated rings. The van der Waals surface area contributed by atoms with E-state index in [0.717, 1.165) is 11.3 Å². The Kier molecular flexibility index (Phi) is 4.31. The molecule has 0 saturated carbocycles. The summed E-state index contributed by atoms with van der Waals surface area (Å²) < 4.78 is 13.1. The molecule has 0 aliphatic heterocycles. The Hall–Kier alpha value is -3.68. The van der Waals surface area contributed by atoms with E-state index in [1.165, 1.54) is 17.8 Å². The molecule has 0 saturated heterocycles. The van der Waals surface area contributed by atoms with Crippen LogP contribution in [0.5, 0.6) is 5.75 Å². The number of fused-ring (bicyclic) bond motifs is 3. The highest BCUT2D eigenvalue weighted by Crippen LogP contribution is 2.19. The van der Waals surface area contributed by atoms with Crippen molar-refractivity contribution < 1.29 is 14.3 Å². The van der Waals surface area contributed by atoms with Crippen LogP contribution in [0.3, 0.4) is 0 Å². The van der Waals surface area contributed by atoms with Gasteiger partial charge in [-0.15, -0.1) is 0 Å². The number of methoxy groups -OCH3 is 2. The van der Waals surface area contributed by atoms with Gasteiger partial charge in [0, 0.05) is 12.4 Å². The predicted molar refractivity (Wildman–Crippen MR) is 103 cm³/mol. The van der Waals surface area contributed by atoms with E-state index < -0.39 is 5.97 Å². The van der Waals surface area contributed by atoms with Gasteiger partial charge in [-0.3, -0.25) is 4.79 Å². The van der Waals surface area contributed by atoms with Crippen LogP contribution in [0.25, 0.3) is 16.6 Å². The fourth-order valence-corrected chi connectivity index (χ4v) is 3.21. The molecule has 3 heterocycles. The minimum Gasteiger partial charge on any atom is -0.497 e. The Balaban J connectivity index is 1.82. The molecule has 0 atom stereocenters. The van der Waals surface area contributed by atoms with Crippen molar-refractivity contribution in [3.8, 4) is 5.75 Å². The predicted octanol–water partition coefficient (Wildman–Crippen LogP) is 2.20. The third-order valence-corrected chi connectivity index (χ3v) is 4.66. The summed E-state index contributed by atoms with van der Waals surface area (Å²) in [5.74, 6) is 0.254. The largest absolute Gasteiger partial charge is 0.497 e. The van der Waals surface area contributed by atoms with Gasteiger partial charge in [-0.1, -0.05) is 12.1 Å². The van der Waals surface area contributed by atoms with E-state index in [2.05, 4.69) is 10.1 Å². The van der Waals surface area contributed by atoms with E-state index in [9.17, 15) is 9.59 Å². The van der Waals surface area contributed by atoms with Crippen LogP contribution in [-0.2, 0) is 11.3 Å². The molecule has 0 amide bonds. The number of aryl methyl sites for hydroxylation is 1. The van der Waals surface area contributed by atoms with Gasteiger partial charge in [0.1, 0.15) is 11.3 Å². The first-order chi connectivity index (χ1) is 13.5. The SMILES string of the molecule is COC(=O)c1c(C)nn2c1ncc1c(=O)n(Cc3ccc(OC)cc3)ccc12. The summed E-state index contributed by atoms with van der Waals surface area (Å²) in [6, 6.07) is 9.33. The quantitative estimate of drug-likeness (QED) is 0.506. The van der Waals surface area contributed by atoms with Crippen LogP contribution in [0.4, 0.5) is 0 Å². The van der Waals surface area contributed by atoms with Crippen LogP contribution >= 0.6 is 0 Å². The maximum Gasteiger partial charge on any atom is 0.343 e. The smallest absolute Gasteiger partial charge is 0.343 e. The van der Waals surface area contributed by atoms with Crippen molar-refractivity contribution in [3.63, 3.8) is 0 Å². The molecule has 0 aliphatic carbocycles. The molecule has 142 valence electrons. The lowest BCUT2D eigenvalue weighted by molar-refractivity contribution is 0.0602. The molecule has 4 aromatic rings. The van der Waals surface area contributed by atoms with E-state index in [0.29, 0.717) is 34.4 Å². The highest BCUT2D eigenvalue weighted by molar-refractivity contribution is 5.98. The van der Waals surface area contributed by atoms with Crippen molar-refractivity contribution in [1.82, 2.24) is 19.2 Å². The minimum absolute atomic E-state index is 0.185. The lowest BCUT2D eigenvalue weighted by Gasteiger charge is -2.09. The Bertz CT molecular complexity index is 1260. The van der Waals surface area contributed by atoms with Crippen molar-refractivity contribution in [3.05, 3.63) is 69.9 Å². The van der Waals surface area contributed by atoms with Gasteiger partial charge in [-0.25, -0.2) is 14.3 Å². The molecule has 4 rings (SSSR count). The number of esters is 1. The number of ether oxygens (including phenoxy) is 2. The number of carbonyl (C=O) groups is 1. The Morgan fingerprint density at radius 3 is 2.57 bits per heavy atom. The van der Waals surface area contributed by atoms with Crippen LogP contribution in [0.1, 0.15) is 21.6 Å². The van der Waals surface area contributed by atoms with Gasteiger partial charge in [-0.05, 0) is 30.7 Å². The fraction of sp³-hybridized carbons (Fsp3) is 0.200. The summed E-state index contributed by atoms with van der Waals surface area (Å²) in [7, 11) is 2.92. The van der Waals surface area contributed by atoms with Gasteiger partial charge >= 0.3 is 5.97 Å². The minimum atomic E-state index is -0.507. The second-order valence-corrected chi connectivity index (χ2v) is 6.34.